The van der Waals surface area contributed by atoms with Gasteiger partial charge in [0, 0.05) is 36.3 Å². The maximum absolute atomic E-state index is 12.7. The summed E-state index contributed by atoms with van der Waals surface area (Å²) < 4.78 is 26.6. The Morgan fingerprint density at radius 2 is 2.15 bits per heavy atom. The third kappa shape index (κ3) is 2.50. The van der Waals surface area contributed by atoms with Crippen LogP contribution in [0.1, 0.15) is 13.3 Å². The zero-order chi connectivity index (χ0) is 14.8. The summed E-state index contributed by atoms with van der Waals surface area (Å²) >= 11 is 0. The van der Waals surface area contributed by atoms with Crippen molar-refractivity contribution < 1.29 is 8.42 Å². The lowest BCUT2D eigenvalue weighted by molar-refractivity contribution is 0.393. The van der Waals surface area contributed by atoms with Gasteiger partial charge in [-0.2, -0.15) is 9.57 Å². The average Bonchev–Trinajstić information content (AvgIpc) is 2.46. The van der Waals surface area contributed by atoms with Crippen molar-refractivity contribution in [1.82, 2.24) is 9.29 Å². The van der Waals surface area contributed by atoms with Crippen molar-refractivity contribution in [3.8, 4) is 6.07 Å². The smallest absolute Gasteiger partial charge is 0.243 e. The summed E-state index contributed by atoms with van der Waals surface area (Å²) in [7, 11) is -2.14. The Morgan fingerprint density at radius 3 is 2.85 bits per heavy atom. The largest absolute Gasteiger partial charge is 0.264 e. The van der Waals surface area contributed by atoms with Gasteiger partial charge in [-0.05, 0) is 19.1 Å². The van der Waals surface area contributed by atoms with Gasteiger partial charge in [-0.1, -0.05) is 12.1 Å². The van der Waals surface area contributed by atoms with E-state index in [1.165, 1.54) is 11.4 Å². The Labute approximate surface area is 118 Å². The summed E-state index contributed by atoms with van der Waals surface area (Å²) in [5.74, 6) is 0. The maximum Gasteiger partial charge on any atom is 0.243 e. The number of rotatable bonds is 4. The van der Waals surface area contributed by atoms with Gasteiger partial charge in [0.2, 0.25) is 10.0 Å². The molecule has 1 atom stereocenters. The van der Waals surface area contributed by atoms with Crippen molar-refractivity contribution in [2.75, 3.05) is 7.05 Å². The van der Waals surface area contributed by atoms with Gasteiger partial charge >= 0.3 is 0 Å². The fourth-order valence-corrected chi connectivity index (χ4v) is 3.54. The number of benzene rings is 1. The van der Waals surface area contributed by atoms with Crippen molar-refractivity contribution in [3.05, 3.63) is 36.7 Å². The highest BCUT2D eigenvalue weighted by molar-refractivity contribution is 7.89. The van der Waals surface area contributed by atoms with Crippen LogP contribution in [0.5, 0.6) is 0 Å². The van der Waals surface area contributed by atoms with Crippen LogP contribution in [-0.2, 0) is 10.0 Å². The molecule has 2 rings (SSSR count). The standard InChI is InChI=1S/C14H15N3O2S/c1-11(6-8-15)17(2)20(18,19)14-5-3-4-12-10-16-9-7-13(12)14/h3-5,7,9-11H,6H2,1-2H3. The highest BCUT2D eigenvalue weighted by atomic mass is 32.2. The van der Waals surface area contributed by atoms with E-state index < -0.39 is 10.0 Å². The molecule has 0 saturated carbocycles. The van der Waals surface area contributed by atoms with E-state index in [2.05, 4.69) is 4.98 Å². The van der Waals surface area contributed by atoms with Gasteiger partial charge in [-0.3, -0.25) is 4.98 Å². The van der Waals surface area contributed by atoms with E-state index in [9.17, 15) is 8.42 Å². The number of hydrogen-bond acceptors (Lipinski definition) is 4. The minimum Gasteiger partial charge on any atom is -0.264 e. The van der Waals surface area contributed by atoms with Crippen molar-refractivity contribution in [1.29, 1.82) is 5.26 Å². The summed E-state index contributed by atoms with van der Waals surface area (Å²) in [5, 5.41) is 10.1. The number of hydrogen-bond donors (Lipinski definition) is 0. The van der Waals surface area contributed by atoms with Crippen LogP contribution in [0.3, 0.4) is 0 Å². The topological polar surface area (TPSA) is 74.1 Å². The third-order valence-electron chi connectivity index (χ3n) is 3.31. The fourth-order valence-electron chi connectivity index (χ4n) is 1.97. The van der Waals surface area contributed by atoms with E-state index in [1.807, 2.05) is 12.1 Å². The molecule has 0 saturated heterocycles. The van der Waals surface area contributed by atoms with E-state index in [1.54, 1.807) is 37.5 Å². The molecule has 0 aliphatic carbocycles. The van der Waals surface area contributed by atoms with Crippen LogP contribution in [0, 0.1) is 11.3 Å². The molecule has 0 fully saturated rings. The van der Waals surface area contributed by atoms with Crippen molar-refractivity contribution in [2.45, 2.75) is 24.3 Å². The molecular weight excluding hydrogens is 274 g/mol. The first-order valence-corrected chi connectivity index (χ1v) is 7.60. The van der Waals surface area contributed by atoms with Gasteiger partial charge < -0.3 is 0 Å². The maximum atomic E-state index is 12.7. The number of sulfonamides is 1. The van der Waals surface area contributed by atoms with E-state index in [0.717, 1.165) is 5.39 Å². The Hall–Kier alpha value is -1.97. The van der Waals surface area contributed by atoms with Crippen LogP contribution in [0.4, 0.5) is 0 Å². The molecule has 5 nitrogen and oxygen atoms in total. The Kier molecular flexibility index (Phi) is 4.02. The Morgan fingerprint density at radius 1 is 1.40 bits per heavy atom. The quantitative estimate of drug-likeness (QED) is 0.864. The average molecular weight is 289 g/mol. The summed E-state index contributed by atoms with van der Waals surface area (Å²) in [6, 6.07) is 8.40. The van der Waals surface area contributed by atoms with Crippen LogP contribution in [0.2, 0.25) is 0 Å². The zero-order valence-corrected chi connectivity index (χ0v) is 12.1. The SMILES string of the molecule is CC(CC#N)N(C)S(=O)(=O)c1cccc2cnccc12. The second kappa shape index (κ2) is 5.57. The van der Waals surface area contributed by atoms with Crippen molar-refractivity contribution in [3.63, 3.8) is 0 Å². The molecule has 0 bridgehead atoms. The Bertz CT molecular complexity index is 760. The minimum atomic E-state index is -3.63. The highest BCUT2D eigenvalue weighted by Gasteiger charge is 2.26. The van der Waals surface area contributed by atoms with Gasteiger partial charge in [-0.15, -0.1) is 0 Å². The molecule has 0 aliphatic heterocycles. The number of nitriles is 1. The zero-order valence-electron chi connectivity index (χ0n) is 11.3. The van der Waals surface area contributed by atoms with E-state index in [-0.39, 0.29) is 17.4 Å². The predicted octanol–water partition coefficient (Wildman–Crippen LogP) is 2.16. The van der Waals surface area contributed by atoms with Crippen molar-refractivity contribution >= 4 is 20.8 Å². The summed E-state index contributed by atoms with van der Waals surface area (Å²) in [4.78, 5) is 4.23. The van der Waals surface area contributed by atoms with E-state index >= 15 is 0 Å². The molecule has 1 aromatic heterocycles. The third-order valence-corrected chi connectivity index (χ3v) is 5.34. The molecule has 2 aromatic rings. The second-order valence-electron chi connectivity index (χ2n) is 4.59. The summed E-state index contributed by atoms with van der Waals surface area (Å²) in [6.07, 6.45) is 3.36. The molecule has 0 amide bonds. The van der Waals surface area contributed by atoms with Gasteiger partial charge in [0.15, 0.2) is 0 Å². The van der Waals surface area contributed by atoms with E-state index in [0.29, 0.717) is 5.39 Å². The van der Waals surface area contributed by atoms with Crippen LogP contribution >= 0.6 is 0 Å². The molecule has 6 heteroatoms. The Balaban J connectivity index is 2.55. The molecule has 1 unspecified atom stereocenters. The number of aromatic nitrogens is 1. The molecule has 104 valence electrons. The second-order valence-corrected chi connectivity index (χ2v) is 6.55. The molecule has 0 spiro atoms. The fraction of sp³-hybridized carbons (Fsp3) is 0.286. The van der Waals surface area contributed by atoms with Gasteiger partial charge in [0.25, 0.3) is 0 Å². The normalized spacial score (nSPS) is 13.3. The first-order valence-electron chi connectivity index (χ1n) is 6.16. The highest BCUT2D eigenvalue weighted by Crippen LogP contribution is 2.25. The minimum absolute atomic E-state index is 0.155. The molecule has 1 aromatic carbocycles. The van der Waals surface area contributed by atoms with Crippen molar-refractivity contribution in [2.24, 2.45) is 0 Å². The lowest BCUT2D eigenvalue weighted by Crippen LogP contribution is -2.34. The molecule has 20 heavy (non-hydrogen) atoms. The molecule has 0 radical (unpaired) electrons. The van der Waals surface area contributed by atoms with Gasteiger partial charge in [0.1, 0.15) is 0 Å². The lowest BCUT2D eigenvalue weighted by Gasteiger charge is -2.23. The van der Waals surface area contributed by atoms with E-state index in [4.69, 9.17) is 5.26 Å². The number of fused-ring (bicyclic) bond motifs is 1. The first-order chi connectivity index (χ1) is 9.48. The molecular formula is C14H15N3O2S. The van der Waals surface area contributed by atoms with Crippen LogP contribution < -0.4 is 0 Å². The number of pyridine rings is 1. The van der Waals surface area contributed by atoms with Crippen LogP contribution in [0.15, 0.2) is 41.6 Å². The molecule has 1 heterocycles. The monoisotopic (exact) mass is 289 g/mol. The molecule has 0 N–H and O–H groups in total. The predicted molar refractivity (Wildman–Crippen MR) is 76.4 cm³/mol. The first kappa shape index (κ1) is 14.4. The number of nitrogens with zero attached hydrogens (tertiary/aromatic N) is 3. The van der Waals surface area contributed by atoms with Gasteiger partial charge in [0.05, 0.1) is 17.4 Å². The van der Waals surface area contributed by atoms with Crippen LogP contribution in [-0.4, -0.2) is 30.8 Å². The summed E-state index contributed by atoms with van der Waals surface area (Å²) in [5.41, 5.74) is 0. The van der Waals surface area contributed by atoms with Crippen LogP contribution in [0.25, 0.3) is 10.8 Å². The molecule has 0 aliphatic rings. The summed E-state index contributed by atoms with van der Waals surface area (Å²) in [6.45, 7) is 1.72. The van der Waals surface area contributed by atoms with Gasteiger partial charge in [-0.25, -0.2) is 8.42 Å². The lowest BCUT2D eigenvalue weighted by atomic mass is 10.2.